The minimum atomic E-state index is -0.391. The average molecular weight is 192 g/mol. The maximum absolute atomic E-state index is 11.5. The fraction of sp³-hybridized carbons (Fsp3) is 0.455. The first-order valence-corrected chi connectivity index (χ1v) is 4.79. The molecule has 0 saturated heterocycles. The van der Waals surface area contributed by atoms with Crippen molar-refractivity contribution in [2.24, 2.45) is 11.7 Å². The molecule has 0 amide bonds. The van der Waals surface area contributed by atoms with Gasteiger partial charge in [0.25, 0.3) is 0 Å². The lowest BCUT2D eigenvalue weighted by Gasteiger charge is -2.12. The first-order chi connectivity index (χ1) is 6.61. The molecule has 1 heterocycles. The van der Waals surface area contributed by atoms with Gasteiger partial charge in [0.1, 0.15) is 0 Å². The van der Waals surface area contributed by atoms with Gasteiger partial charge in [-0.3, -0.25) is 9.78 Å². The predicted octanol–water partition coefficient (Wildman–Crippen LogP) is 1.18. The summed E-state index contributed by atoms with van der Waals surface area (Å²) in [6, 6.07) is 3.37. The highest BCUT2D eigenvalue weighted by Crippen LogP contribution is 2.05. The van der Waals surface area contributed by atoms with Gasteiger partial charge in [0, 0.05) is 18.3 Å². The molecule has 0 fully saturated rings. The van der Waals surface area contributed by atoms with Crippen molar-refractivity contribution in [3.63, 3.8) is 0 Å². The zero-order valence-electron chi connectivity index (χ0n) is 8.60. The summed E-state index contributed by atoms with van der Waals surface area (Å²) >= 11 is 0. The monoisotopic (exact) mass is 192 g/mol. The van der Waals surface area contributed by atoms with Crippen LogP contribution >= 0.6 is 0 Å². The first kappa shape index (κ1) is 10.9. The van der Waals surface area contributed by atoms with E-state index < -0.39 is 6.04 Å². The molecule has 0 aliphatic carbocycles. The molecule has 14 heavy (non-hydrogen) atoms. The molecule has 0 bridgehead atoms. The van der Waals surface area contributed by atoms with Crippen LogP contribution in [-0.4, -0.2) is 16.8 Å². The second-order valence-corrected chi connectivity index (χ2v) is 3.72. The number of hydrogen-bond donors (Lipinski definition) is 1. The summed E-state index contributed by atoms with van der Waals surface area (Å²) in [5.41, 5.74) is 6.84. The fourth-order valence-corrected chi connectivity index (χ4v) is 1.30. The lowest BCUT2D eigenvalue weighted by Crippen LogP contribution is -2.35. The van der Waals surface area contributed by atoms with Crippen LogP contribution in [-0.2, 0) is 11.2 Å². The molecule has 1 aromatic rings. The van der Waals surface area contributed by atoms with Crippen LogP contribution in [0.5, 0.6) is 0 Å². The van der Waals surface area contributed by atoms with Crippen LogP contribution in [0.15, 0.2) is 24.5 Å². The Bertz CT molecular complexity index is 295. The summed E-state index contributed by atoms with van der Waals surface area (Å²) in [5.74, 6) is 0.119. The Morgan fingerprint density at radius 1 is 1.43 bits per heavy atom. The van der Waals surface area contributed by atoms with Crippen LogP contribution in [0.2, 0.25) is 0 Å². The Morgan fingerprint density at radius 3 is 2.50 bits per heavy atom. The molecule has 1 unspecified atom stereocenters. The van der Waals surface area contributed by atoms with Gasteiger partial charge < -0.3 is 5.73 Å². The third-order valence-corrected chi connectivity index (χ3v) is 2.14. The molecule has 0 saturated carbocycles. The SMILES string of the molecule is CC(C)C(=O)C(N)Cc1ccncc1. The molecule has 0 aliphatic heterocycles. The van der Waals surface area contributed by atoms with Crippen molar-refractivity contribution in [3.8, 4) is 0 Å². The molecule has 1 rings (SSSR count). The number of nitrogens with zero attached hydrogens (tertiary/aromatic N) is 1. The van der Waals surface area contributed by atoms with E-state index in [1.807, 2.05) is 26.0 Å². The lowest BCUT2D eigenvalue weighted by atomic mass is 9.97. The molecule has 2 N–H and O–H groups in total. The van der Waals surface area contributed by atoms with Crippen molar-refractivity contribution in [1.29, 1.82) is 0 Å². The maximum atomic E-state index is 11.5. The zero-order valence-corrected chi connectivity index (χ0v) is 8.60. The van der Waals surface area contributed by atoms with Gasteiger partial charge in [0.05, 0.1) is 6.04 Å². The Morgan fingerprint density at radius 2 is 2.00 bits per heavy atom. The number of nitrogens with two attached hydrogens (primary N) is 1. The molecular formula is C11H16N2O. The van der Waals surface area contributed by atoms with Gasteiger partial charge in [-0.25, -0.2) is 0 Å². The fourth-order valence-electron chi connectivity index (χ4n) is 1.30. The van der Waals surface area contributed by atoms with E-state index in [1.165, 1.54) is 0 Å². The van der Waals surface area contributed by atoms with Crippen molar-refractivity contribution < 1.29 is 4.79 Å². The van der Waals surface area contributed by atoms with Crippen LogP contribution in [0.3, 0.4) is 0 Å². The standard InChI is InChI=1S/C11H16N2O/c1-8(2)11(14)10(12)7-9-3-5-13-6-4-9/h3-6,8,10H,7,12H2,1-2H3. The number of ketones is 1. The van der Waals surface area contributed by atoms with Crippen molar-refractivity contribution in [1.82, 2.24) is 4.98 Å². The summed E-state index contributed by atoms with van der Waals surface area (Å²) < 4.78 is 0. The highest BCUT2D eigenvalue weighted by molar-refractivity contribution is 5.85. The Hall–Kier alpha value is -1.22. The van der Waals surface area contributed by atoms with Crippen LogP contribution in [0.1, 0.15) is 19.4 Å². The number of aromatic nitrogens is 1. The molecule has 0 radical (unpaired) electrons. The zero-order chi connectivity index (χ0) is 10.6. The molecule has 0 aliphatic rings. The van der Waals surface area contributed by atoms with Crippen molar-refractivity contribution in [2.45, 2.75) is 26.3 Å². The highest BCUT2D eigenvalue weighted by Gasteiger charge is 2.16. The Balaban J connectivity index is 2.57. The smallest absolute Gasteiger partial charge is 0.152 e. The maximum Gasteiger partial charge on any atom is 0.152 e. The minimum absolute atomic E-state index is 0.00633. The van der Waals surface area contributed by atoms with Crippen LogP contribution in [0.4, 0.5) is 0 Å². The van der Waals surface area contributed by atoms with Gasteiger partial charge >= 0.3 is 0 Å². The second kappa shape index (κ2) is 4.86. The molecular weight excluding hydrogens is 176 g/mol. The van der Waals surface area contributed by atoms with E-state index in [4.69, 9.17) is 5.73 Å². The lowest BCUT2D eigenvalue weighted by molar-refractivity contribution is -0.123. The number of Topliss-reactive ketones (excluding diaryl/α,β-unsaturated/α-hetero) is 1. The van der Waals surface area contributed by atoms with Gasteiger partial charge in [0.15, 0.2) is 5.78 Å². The van der Waals surface area contributed by atoms with E-state index >= 15 is 0 Å². The first-order valence-electron chi connectivity index (χ1n) is 4.79. The molecule has 1 aromatic heterocycles. The number of carbonyl (C=O) groups is 1. The molecule has 76 valence electrons. The number of hydrogen-bond acceptors (Lipinski definition) is 3. The number of pyridine rings is 1. The molecule has 3 nitrogen and oxygen atoms in total. The van der Waals surface area contributed by atoms with E-state index in [0.717, 1.165) is 5.56 Å². The van der Waals surface area contributed by atoms with Crippen molar-refractivity contribution in [3.05, 3.63) is 30.1 Å². The Kier molecular flexibility index (Phi) is 3.77. The summed E-state index contributed by atoms with van der Waals surface area (Å²) in [6.07, 6.45) is 4.02. The van der Waals surface area contributed by atoms with Crippen LogP contribution in [0.25, 0.3) is 0 Å². The normalized spacial score (nSPS) is 12.9. The van der Waals surface area contributed by atoms with Gasteiger partial charge in [0.2, 0.25) is 0 Å². The Labute approximate surface area is 84.3 Å². The van der Waals surface area contributed by atoms with Gasteiger partial charge in [-0.05, 0) is 24.1 Å². The summed E-state index contributed by atoms with van der Waals surface area (Å²) in [7, 11) is 0. The van der Waals surface area contributed by atoms with Crippen LogP contribution in [0, 0.1) is 5.92 Å². The third kappa shape index (κ3) is 2.92. The summed E-state index contributed by atoms with van der Waals surface area (Å²) in [5, 5.41) is 0. The van der Waals surface area contributed by atoms with Gasteiger partial charge in [-0.15, -0.1) is 0 Å². The second-order valence-electron chi connectivity index (χ2n) is 3.72. The van der Waals surface area contributed by atoms with Crippen LogP contribution < -0.4 is 5.73 Å². The van der Waals surface area contributed by atoms with Crippen molar-refractivity contribution in [2.75, 3.05) is 0 Å². The van der Waals surface area contributed by atoms with E-state index in [9.17, 15) is 4.79 Å². The van der Waals surface area contributed by atoms with Gasteiger partial charge in [-0.1, -0.05) is 13.8 Å². The minimum Gasteiger partial charge on any atom is -0.321 e. The largest absolute Gasteiger partial charge is 0.321 e. The van der Waals surface area contributed by atoms with Gasteiger partial charge in [-0.2, -0.15) is 0 Å². The quantitative estimate of drug-likeness (QED) is 0.779. The molecule has 3 heteroatoms. The topological polar surface area (TPSA) is 56.0 Å². The summed E-state index contributed by atoms with van der Waals surface area (Å²) in [4.78, 5) is 15.4. The molecule has 0 spiro atoms. The molecule has 1 atom stereocenters. The predicted molar refractivity (Wildman–Crippen MR) is 55.8 cm³/mol. The molecule has 0 aromatic carbocycles. The van der Waals surface area contributed by atoms with E-state index in [2.05, 4.69) is 4.98 Å². The summed E-state index contributed by atoms with van der Waals surface area (Å²) in [6.45, 7) is 3.74. The van der Waals surface area contributed by atoms with E-state index in [-0.39, 0.29) is 11.7 Å². The van der Waals surface area contributed by atoms with Crippen molar-refractivity contribution >= 4 is 5.78 Å². The number of rotatable bonds is 4. The average Bonchev–Trinajstić information content (AvgIpc) is 2.18. The van der Waals surface area contributed by atoms with E-state index in [1.54, 1.807) is 12.4 Å². The number of carbonyl (C=O) groups excluding carboxylic acids is 1. The highest BCUT2D eigenvalue weighted by atomic mass is 16.1. The third-order valence-electron chi connectivity index (χ3n) is 2.14. The van der Waals surface area contributed by atoms with E-state index in [0.29, 0.717) is 6.42 Å².